The molecule has 1 atom stereocenters. The molecule has 2 heterocycles. The zero-order chi connectivity index (χ0) is 21.3. The van der Waals surface area contributed by atoms with Crippen molar-refractivity contribution in [1.82, 2.24) is 0 Å². The number of quaternary nitrogens is 1. The summed E-state index contributed by atoms with van der Waals surface area (Å²) in [6.45, 7) is 10.3. The Bertz CT molecular complexity index is 933. The van der Waals surface area contributed by atoms with Crippen molar-refractivity contribution in [1.29, 1.82) is 0 Å². The fourth-order valence-corrected chi connectivity index (χ4v) is 4.52. The molecule has 2 aliphatic rings. The second-order valence-corrected chi connectivity index (χ2v) is 8.19. The Morgan fingerprint density at radius 3 is 2.40 bits per heavy atom. The number of imide groups is 1. The number of ether oxygens (including phenoxy) is 1. The molecule has 1 N–H and O–H groups in total. The van der Waals surface area contributed by atoms with Crippen LogP contribution in [-0.2, 0) is 9.59 Å². The minimum atomic E-state index is -0.287. The molecule has 0 unspecified atom stereocenters. The molecule has 0 saturated carbocycles. The van der Waals surface area contributed by atoms with Crippen molar-refractivity contribution in [3.05, 3.63) is 53.6 Å². The highest BCUT2D eigenvalue weighted by Crippen LogP contribution is 2.25. The van der Waals surface area contributed by atoms with Gasteiger partial charge in [0.05, 0.1) is 44.9 Å². The van der Waals surface area contributed by atoms with Gasteiger partial charge in [0.15, 0.2) is 6.04 Å². The maximum atomic E-state index is 13.1. The highest BCUT2D eigenvalue weighted by atomic mass is 16.5. The third-order valence-corrected chi connectivity index (χ3v) is 6.16. The number of piperazine rings is 1. The summed E-state index contributed by atoms with van der Waals surface area (Å²) in [5.74, 6) is 0.544. The first-order valence-electron chi connectivity index (χ1n) is 10.7. The molecule has 6 nitrogen and oxygen atoms in total. The molecule has 2 saturated heterocycles. The number of anilines is 2. The van der Waals surface area contributed by atoms with E-state index in [-0.39, 0.29) is 24.3 Å². The first-order chi connectivity index (χ1) is 14.5. The van der Waals surface area contributed by atoms with E-state index >= 15 is 0 Å². The Hall–Kier alpha value is -2.86. The van der Waals surface area contributed by atoms with Crippen LogP contribution in [0.1, 0.15) is 24.5 Å². The number of amides is 2. The number of nitrogens with zero attached hydrogens (tertiary/aromatic N) is 2. The molecule has 2 fully saturated rings. The van der Waals surface area contributed by atoms with Gasteiger partial charge < -0.3 is 14.5 Å². The number of carbonyl (C=O) groups is 2. The van der Waals surface area contributed by atoms with Gasteiger partial charge in [0, 0.05) is 5.69 Å². The normalized spacial score (nSPS) is 20.2. The molecule has 2 aliphatic heterocycles. The van der Waals surface area contributed by atoms with E-state index in [1.54, 1.807) is 12.1 Å². The third kappa shape index (κ3) is 3.92. The first-order valence-corrected chi connectivity index (χ1v) is 10.7. The average Bonchev–Trinajstić information content (AvgIpc) is 3.05. The lowest BCUT2D eigenvalue weighted by Crippen LogP contribution is -3.19. The molecule has 158 valence electrons. The van der Waals surface area contributed by atoms with Gasteiger partial charge in [0.2, 0.25) is 5.91 Å². The molecule has 4 rings (SSSR count). The molecule has 2 aromatic rings. The SMILES string of the molecule is CCOc1ccc(N2C(=O)C[C@@H]([NH+]3CCN(c4cc(C)ccc4C)CC3)C2=O)cc1. The number of nitrogens with one attached hydrogen (secondary N) is 1. The fraction of sp³-hybridized carbons (Fsp3) is 0.417. The highest BCUT2D eigenvalue weighted by molar-refractivity contribution is 6.21. The van der Waals surface area contributed by atoms with E-state index in [1.165, 1.54) is 26.6 Å². The number of benzene rings is 2. The minimum Gasteiger partial charge on any atom is -0.494 e. The van der Waals surface area contributed by atoms with Gasteiger partial charge in [-0.1, -0.05) is 12.1 Å². The van der Waals surface area contributed by atoms with E-state index < -0.39 is 0 Å². The molecule has 2 aromatic carbocycles. The lowest BCUT2D eigenvalue weighted by Gasteiger charge is -2.36. The summed E-state index contributed by atoms with van der Waals surface area (Å²) in [6.07, 6.45) is 0.283. The van der Waals surface area contributed by atoms with Crippen LogP contribution < -0.4 is 19.4 Å². The Morgan fingerprint density at radius 2 is 1.73 bits per heavy atom. The van der Waals surface area contributed by atoms with Gasteiger partial charge in [-0.25, -0.2) is 4.90 Å². The standard InChI is InChI=1S/C24H29N3O3/c1-4-30-20-9-7-19(8-10-20)27-23(28)16-22(24(27)29)26-13-11-25(12-14-26)21-15-17(2)5-6-18(21)3/h5-10,15,22H,4,11-14,16H2,1-3H3/p+1/t22-/m1/s1. The van der Waals surface area contributed by atoms with Crippen LogP contribution in [0.15, 0.2) is 42.5 Å². The number of rotatable bonds is 5. The highest BCUT2D eigenvalue weighted by Gasteiger charge is 2.46. The second-order valence-electron chi connectivity index (χ2n) is 8.19. The number of carbonyl (C=O) groups excluding carboxylic acids is 2. The lowest BCUT2D eigenvalue weighted by atomic mass is 10.1. The lowest BCUT2D eigenvalue weighted by molar-refractivity contribution is -0.915. The van der Waals surface area contributed by atoms with Crippen molar-refractivity contribution in [3.8, 4) is 5.75 Å². The topological polar surface area (TPSA) is 54.3 Å². The summed E-state index contributed by atoms with van der Waals surface area (Å²) in [5, 5.41) is 0. The van der Waals surface area contributed by atoms with E-state index in [9.17, 15) is 9.59 Å². The number of hydrogen-bond acceptors (Lipinski definition) is 4. The molecule has 2 amide bonds. The van der Waals surface area contributed by atoms with E-state index in [4.69, 9.17) is 4.74 Å². The first kappa shape index (κ1) is 20.4. The van der Waals surface area contributed by atoms with Gasteiger partial charge in [-0.2, -0.15) is 0 Å². The summed E-state index contributed by atoms with van der Waals surface area (Å²) < 4.78 is 5.46. The van der Waals surface area contributed by atoms with Gasteiger partial charge in [-0.15, -0.1) is 0 Å². The summed E-state index contributed by atoms with van der Waals surface area (Å²) in [6, 6.07) is 13.4. The predicted octanol–water partition coefficient (Wildman–Crippen LogP) is 1.74. The van der Waals surface area contributed by atoms with Gasteiger partial charge >= 0.3 is 0 Å². The molecular weight excluding hydrogens is 378 g/mol. The van der Waals surface area contributed by atoms with Crippen LogP contribution in [0, 0.1) is 13.8 Å². The van der Waals surface area contributed by atoms with Crippen LogP contribution >= 0.6 is 0 Å². The summed E-state index contributed by atoms with van der Waals surface area (Å²) in [4.78, 5) is 30.7. The van der Waals surface area contributed by atoms with E-state index in [0.29, 0.717) is 12.3 Å². The van der Waals surface area contributed by atoms with Crippen molar-refractivity contribution < 1.29 is 19.2 Å². The van der Waals surface area contributed by atoms with Gasteiger partial charge in [0.1, 0.15) is 5.75 Å². The molecule has 0 radical (unpaired) electrons. The minimum absolute atomic E-state index is 0.0839. The van der Waals surface area contributed by atoms with Gasteiger partial charge in [-0.05, 0) is 62.2 Å². The third-order valence-electron chi connectivity index (χ3n) is 6.16. The maximum absolute atomic E-state index is 13.1. The quantitative estimate of drug-likeness (QED) is 0.766. The van der Waals surface area contributed by atoms with Crippen molar-refractivity contribution >= 4 is 23.2 Å². The van der Waals surface area contributed by atoms with E-state index in [1.807, 2.05) is 19.1 Å². The van der Waals surface area contributed by atoms with Crippen molar-refractivity contribution in [2.75, 3.05) is 42.6 Å². The van der Waals surface area contributed by atoms with Crippen LogP contribution in [-0.4, -0.2) is 50.6 Å². The molecule has 6 heteroatoms. The zero-order valence-corrected chi connectivity index (χ0v) is 18.0. The molecule has 0 spiro atoms. The summed E-state index contributed by atoms with van der Waals surface area (Å²) in [7, 11) is 0. The molecule has 0 bridgehead atoms. The van der Waals surface area contributed by atoms with E-state index in [2.05, 4.69) is 36.9 Å². The van der Waals surface area contributed by atoms with Crippen LogP contribution in [0.3, 0.4) is 0 Å². The van der Waals surface area contributed by atoms with Crippen LogP contribution in [0.4, 0.5) is 11.4 Å². The van der Waals surface area contributed by atoms with Crippen molar-refractivity contribution in [2.45, 2.75) is 33.2 Å². The van der Waals surface area contributed by atoms with Crippen LogP contribution in [0.25, 0.3) is 0 Å². The van der Waals surface area contributed by atoms with Crippen LogP contribution in [0.2, 0.25) is 0 Å². The smallest absolute Gasteiger partial charge is 0.292 e. The Labute approximate surface area is 178 Å². The Kier molecular flexibility index (Phi) is 5.77. The predicted molar refractivity (Wildman–Crippen MR) is 117 cm³/mol. The maximum Gasteiger partial charge on any atom is 0.292 e. The van der Waals surface area contributed by atoms with Crippen molar-refractivity contribution in [2.24, 2.45) is 0 Å². The molecule has 0 aliphatic carbocycles. The molecule has 0 aromatic heterocycles. The summed E-state index contributed by atoms with van der Waals surface area (Å²) in [5.41, 5.74) is 4.44. The Morgan fingerprint density at radius 1 is 1.03 bits per heavy atom. The zero-order valence-electron chi connectivity index (χ0n) is 18.0. The fourth-order valence-electron chi connectivity index (χ4n) is 4.52. The van der Waals surface area contributed by atoms with Crippen LogP contribution in [0.5, 0.6) is 5.75 Å². The van der Waals surface area contributed by atoms with Gasteiger partial charge in [0.25, 0.3) is 5.91 Å². The van der Waals surface area contributed by atoms with Gasteiger partial charge in [-0.3, -0.25) is 9.59 Å². The van der Waals surface area contributed by atoms with Crippen molar-refractivity contribution in [3.63, 3.8) is 0 Å². The number of aryl methyl sites for hydroxylation is 2. The Balaban J connectivity index is 1.43. The largest absolute Gasteiger partial charge is 0.494 e. The molecular formula is C24H30N3O3+. The molecule has 30 heavy (non-hydrogen) atoms. The van der Waals surface area contributed by atoms with E-state index in [0.717, 1.165) is 31.9 Å². The average molecular weight is 409 g/mol. The summed E-state index contributed by atoms with van der Waals surface area (Å²) >= 11 is 0. The second kappa shape index (κ2) is 8.48. The number of hydrogen-bond donors (Lipinski definition) is 1. The monoisotopic (exact) mass is 408 g/mol.